The van der Waals surface area contributed by atoms with Crippen LogP contribution in [0, 0.1) is 19.8 Å². The van der Waals surface area contributed by atoms with Crippen LogP contribution >= 0.6 is 11.3 Å². The molecular formula is C14H23N3S. The fourth-order valence-electron chi connectivity index (χ4n) is 2.13. The number of rotatable bonds is 5. The minimum absolute atomic E-state index is 0.541. The molecule has 2 aromatic rings. The van der Waals surface area contributed by atoms with Crippen molar-refractivity contribution in [2.24, 2.45) is 5.92 Å². The average molecular weight is 265 g/mol. The molecule has 2 atom stereocenters. The molecule has 0 aliphatic carbocycles. The first kappa shape index (κ1) is 13.6. The zero-order valence-corrected chi connectivity index (χ0v) is 12.8. The number of hydrogen-bond acceptors (Lipinski definition) is 3. The van der Waals surface area contributed by atoms with Gasteiger partial charge in [0.2, 0.25) is 0 Å². The van der Waals surface area contributed by atoms with E-state index in [1.54, 1.807) is 11.3 Å². The molecule has 0 saturated heterocycles. The Morgan fingerprint density at radius 2 is 2.11 bits per heavy atom. The van der Waals surface area contributed by atoms with Gasteiger partial charge in [0.15, 0.2) is 4.96 Å². The highest BCUT2D eigenvalue weighted by molar-refractivity contribution is 7.17. The second-order valence-corrected chi connectivity index (χ2v) is 6.41. The Hall–Kier alpha value is -0.870. The molecule has 0 aliphatic rings. The van der Waals surface area contributed by atoms with Gasteiger partial charge in [-0.15, -0.1) is 11.3 Å². The molecule has 0 saturated carbocycles. The van der Waals surface area contributed by atoms with Crippen LogP contribution in [0.1, 0.15) is 43.5 Å². The van der Waals surface area contributed by atoms with Gasteiger partial charge in [0.25, 0.3) is 0 Å². The lowest BCUT2D eigenvalue weighted by molar-refractivity contribution is 0.387. The molecule has 0 fully saturated rings. The molecule has 0 bridgehead atoms. The van der Waals surface area contributed by atoms with E-state index in [-0.39, 0.29) is 0 Å². The van der Waals surface area contributed by atoms with Gasteiger partial charge in [0.1, 0.15) is 0 Å². The summed E-state index contributed by atoms with van der Waals surface area (Å²) >= 11 is 1.76. The summed E-state index contributed by atoms with van der Waals surface area (Å²) in [6, 6.07) is 0.541. The number of thiazole rings is 1. The molecular weight excluding hydrogens is 242 g/mol. The standard InChI is InChI=1S/C14H23N3S/c1-6-9(2)11(4)15-7-13-12(5)16-14-17(13)8-10(3)18-14/h8-9,11,15H,6-7H2,1-5H3. The fraction of sp³-hybridized carbons (Fsp3) is 0.643. The monoisotopic (exact) mass is 265 g/mol. The van der Waals surface area contributed by atoms with Gasteiger partial charge >= 0.3 is 0 Å². The van der Waals surface area contributed by atoms with Crippen molar-refractivity contribution in [3.8, 4) is 0 Å². The fourth-order valence-corrected chi connectivity index (χ4v) is 3.02. The zero-order valence-electron chi connectivity index (χ0n) is 11.9. The molecule has 4 heteroatoms. The zero-order chi connectivity index (χ0) is 13.3. The van der Waals surface area contributed by atoms with Crippen LogP contribution in [-0.2, 0) is 6.54 Å². The molecule has 0 spiro atoms. The molecule has 3 nitrogen and oxygen atoms in total. The van der Waals surface area contributed by atoms with Crippen molar-refractivity contribution in [1.82, 2.24) is 14.7 Å². The van der Waals surface area contributed by atoms with Gasteiger partial charge < -0.3 is 5.32 Å². The van der Waals surface area contributed by atoms with Gasteiger partial charge in [-0.3, -0.25) is 4.40 Å². The summed E-state index contributed by atoms with van der Waals surface area (Å²) in [6.07, 6.45) is 3.40. The minimum atomic E-state index is 0.541. The number of imidazole rings is 1. The minimum Gasteiger partial charge on any atom is -0.308 e. The maximum absolute atomic E-state index is 4.62. The lowest BCUT2D eigenvalue weighted by atomic mass is 10.0. The van der Waals surface area contributed by atoms with Gasteiger partial charge in [-0.1, -0.05) is 20.3 Å². The van der Waals surface area contributed by atoms with E-state index in [1.807, 2.05) is 0 Å². The third-order valence-corrected chi connectivity index (χ3v) is 4.73. The Labute approximate surface area is 113 Å². The quantitative estimate of drug-likeness (QED) is 0.896. The molecule has 0 aliphatic heterocycles. The molecule has 0 radical (unpaired) electrons. The average Bonchev–Trinajstić information content (AvgIpc) is 2.80. The first-order valence-corrected chi connectivity index (χ1v) is 7.52. The van der Waals surface area contributed by atoms with Gasteiger partial charge in [-0.2, -0.15) is 0 Å². The van der Waals surface area contributed by atoms with Crippen molar-refractivity contribution in [2.45, 2.75) is 53.6 Å². The van der Waals surface area contributed by atoms with E-state index >= 15 is 0 Å². The predicted molar refractivity (Wildman–Crippen MR) is 78.3 cm³/mol. The van der Waals surface area contributed by atoms with Crippen LogP contribution in [-0.4, -0.2) is 15.4 Å². The molecule has 18 heavy (non-hydrogen) atoms. The van der Waals surface area contributed by atoms with Gasteiger partial charge in [-0.05, 0) is 26.7 Å². The van der Waals surface area contributed by atoms with Crippen LogP contribution in [0.15, 0.2) is 6.20 Å². The number of hydrogen-bond donors (Lipinski definition) is 1. The molecule has 2 unspecified atom stereocenters. The molecule has 100 valence electrons. The van der Waals surface area contributed by atoms with Crippen molar-refractivity contribution in [3.05, 3.63) is 22.5 Å². The summed E-state index contributed by atoms with van der Waals surface area (Å²) in [6.45, 7) is 11.9. The number of aryl methyl sites for hydroxylation is 2. The molecule has 2 heterocycles. The largest absolute Gasteiger partial charge is 0.308 e. The van der Waals surface area contributed by atoms with E-state index in [0.29, 0.717) is 12.0 Å². The smallest absolute Gasteiger partial charge is 0.194 e. The summed E-state index contributed by atoms with van der Waals surface area (Å²) in [5, 5.41) is 3.62. The van der Waals surface area contributed by atoms with E-state index in [1.165, 1.54) is 17.0 Å². The summed E-state index contributed by atoms with van der Waals surface area (Å²) in [4.78, 5) is 7.04. The maximum atomic E-state index is 4.62. The predicted octanol–water partition coefficient (Wildman–Crippen LogP) is 3.54. The highest BCUT2D eigenvalue weighted by Crippen LogP contribution is 2.20. The first-order chi connectivity index (χ1) is 8.52. The highest BCUT2D eigenvalue weighted by atomic mass is 32.1. The van der Waals surface area contributed by atoms with Crippen LogP contribution in [0.25, 0.3) is 4.96 Å². The van der Waals surface area contributed by atoms with Crippen LogP contribution in [0.4, 0.5) is 0 Å². The highest BCUT2D eigenvalue weighted by Gasteiger charge is 2.14. The van der Waals surface area contributed by atoms with E-state index in [9.17, 15) is 0 Å². The van der Waals surface area contributed by atoms with Crippen LogP contribution in [0.3, 0.4) is 0 Å². The van der Waals surface area contributed by atoms with E-state index in [2.05, 4.69) is 55.5 Å². The number of nitrogens with one attached hydrogen (secondary N) is 1. The molecule has 1 N–H and O–H groups in total. The van der Waals surface area contributed by atoms with Gasteiger partial charge in [-0.25, -0.2) is 4.98 Å². The molecule has 2 aromatic heterocycles. The van der Waals surface area contributed by atoms with Crippen molar-refractivity contribution in [3.63, 3.8) is 0 Å². The normalized spacial score (nSPS) is 15.2. The number of aromatic nitrogens is 2. The summed E-state index contributed by atoms with van der Waals surface area (Å²) in [5.74, 6) is 0.706. The summed E-state index contributed by atoms with van der Waals surface area (Å²) in [5.41, 5.74) is 2.44. The number of fused-ring (bicyclic) bond motifs is 1. The van der Waals surface area contributed by atoms with Crippen LogP contribution in [0.2, 0.25) is 0 Å². The Balaban J connectivity index is 2.13. The lowest BCUT2D eigenvalue weighted by Gasteiger charge is -2.19. The number of nitrogens with zero attached hydrogens (tertiary/aromatic N) is 2. The maximum Gasteiger partial charge on any atom is 0.194 e. The molecule has 0 amide bonds. The summed E-state index contributed by atoms with van der Waals surface area (Å²) < 4.78 is 2.23. The summed E-state index contributed by atoms with van der Waals surface area (Å²) in [7, 11) is 0. The Kier molecular flexibility index (Phi) is 4.07. The second-order valence-electron chi connectivity index (χ2n) is 5.19. The van der Waals surface area contributed by atoms with Gasteiger partial charge in [0, 0.05) is 23.7 Å². The van der Waals surface area contributed by atoms with Gasteiger partial charge in [0.05, 0.1) is 11.4 Å². The Bertz CT molecular complexity index is 526. The SMILES string of the molecule is CCC(C)C(C)NCc1c(C)nc2sc(C)cn12. The van der Waals surface area contributed by atoms with Crippen LogP contribution in [0.5, 0.6) is 0 Å². The van der Waals surface area contributed by atoms with Crippen molar-refractivity contribution >= 4 is 16.3 Å². The third-order valence-electron chi connectivity index (χ3n) is 3.83. The topological polar surface area (TPSA) is 29.3 Å². The van der Waals surface area contributed by atoms with E-state index in [0.717, 1.165) is 17.2 Å². The molecule has 0 aromatic carbocycles. The Morgan fingerprint density at radius 3 is 2.78 bits per heavy atom. The first-order valence-electron chi connectivity index (χ1n) is 6.70. The van der Waals surface area contributed by atoms with Crippen molar-refractivity contribution in [2.75, 3.05) is 0 Å². The molecule has 2 rings (SSSR count). The van der Waals surface area contributed by atoms with E-state index in [4.69, 9.17) is 0 Å². The second kappa shape index (κ2) is 5.41. The van der Waals surface area contributed by atoms with Crippen molar-refractivity contribution in [1.29, 1.82) is 0 Å². The lowest BCUT2D eigenvalue weighted by Crippen LogP contribution is -2.31. The third kappa shape index (κ3) is 2.59. The Morgan fingerprint density at radius 1 is 1.39 bits per heavy atom. The van der Waals surface area contributed by atoms with Crippen LogP contribution < -0.4 is 5.32 Å². The van der Waals surface area contributed by atoms with Crippen molar-refractivity contribution < 1.29 is 0 Å². The van der Waals surface area contributed by atoms with E-state index < -0.39 is 0 Å².